The van der Waals surface area contributed by atoms with Crippen LogP contribution in [0, 0.1) is 0 Å². The molecule has 5 nitrogen and oxygen atoms in total. The van der Waals surface area contributed by atoms with Gasteiger partial charge in [-0.2, -0.15) is 0 Å². The fourth-order valence-corrected chi connectivity index (χ4v) is 6.24. The predicted octanol–water partition coefficient (Wildman–Crippen LogP) is 9.05. The van der Waals surface area contributed by atoms with Crippen molar-refractivity contribution in [3.05, 3.63) is 121 Å². The second-order valence-corrected chi connectivity index (χ2v) is 10.6. The molecule has 3 heterocycles. The summed E-state index contributed by atoms with van der Waals surface area (Å²) in [6, 6.07) is 40.7. The van der Waals surface area contributed by atoms with E-state index in [0.29, 0.717) is 23.4 Å². The number of rotatable bonds is 4. The van der Waals surface area contributed by atoms with Crippen LogP contribution in [0.1, 0.15) is 0 Å². The van der Waals surface area contributed by atoms with E-state index in [1.165, 1.54) is 4.70 Å². The number of fused-ring (bicyclic) bond motifs is 4. The first kappa shape index (κ1) is 22.8. The summed E-state index contributed by atoms with van der Waals surface area (Å²) in [6.45, 7) is 0. The third-order valence-electron chi connectivity index (χ3n) is 6.98. The number of aromatic nitrogens is 4. The predicted molar refractivity (Wildman–Crippen MR) is 162 cm³/mol. The van der Waals surface area contributed by atoms with Crippen molar-refractivity contribution in [3.8, 4) is 45.6 Å². The smallest absolute Gasteiger partial charge is 0.227 e. The molecule has 6 heteroatoms. The van der Waals surface area contributed by atoms with Crippen LogP contribution in [0.25, 0.3) is 76.9 Å². The molecule has 0 atom stereocenters. The largest absolute Gasteiger partial charge is 0.436 e. The number of nitrogens with zero attached hydrogens (tertiary/aromatic N) is 4. The number of benzene rings is 5. The Kier molecular flexibility index (Phi) is 5.24. The summed E-state index contributed by atoms with van der Waals surface area (Å²) in [5, 5.41) is 2.29. The highest BCUT2D eigenvalue weighted by Crippen LogP contribution is 2.41. The molecule has 0 aliphatic carbocycles. The molecule has 0 N–H and O–H groups in total. The van der Waals surface area contributed by atoms with Crippen LogP contribution in [-0.2, 0) is 0 Å². The number of para-hydroxylation sites is 2. The lowest BCUT2D eigenvalue weighted by molar-refractivity contribution is 0.620. The minimum atomic E-state index is 0.623. The van der Waals surface area contributed by atoms with Gasteiger partial charge in [0.1, 0.15) is 5.52 Å². The third kappa shape index (κ3) is 3.85. The monoisotopic (exact) mass is 532 g/mol. The third-order valence-corrected chi connectivity index (χ3v) is 8.10. The SMILES string of the molecule is c1ccc(-c2nc(-c3ccccc3)nc(-c3cccc4sc5cc(-c6nc7ccccc7o6)ccc5c34)n2)cc1. The molecular weight excluding hydrogens is 512 g/mol. The van der Waals surface area contributed by atoms with Crippen molar-refractivity contribution in [1.29, 1.82) is 0 Å². The van der Waals surface area contributed by atoms with Crippen LogP contribution < -0.4 is 0 Å². The molecule has 5 aromatic carbocycles. The van der Waals surface area contributed by atoms with E-state index in [1.807, 2.05) is 84.9 Å². The van der Waals surface area contributed by atoms with Gasteiger partial charge >= 0.3 is 0 Å². The zero-order valence-corrected chi connectivity index (χ0v) is 22.0. The van der Waals surface area contributed by atoms with Gasteiger partial charge in [-0.15, -0.1) is 11.3 Å². The highest BCUT2D eigenvalue weighted by atomic mass is 32.1. The Morgan fingerprint density at radius 1 is 0.500 bits per heavy atom. The summed E-state index contributed by atoms with van der Waals surface area (Å²) in [5.41, 5.74) is 5.48. The average molecular weight is 533 g/mol. The van der Waals surface area contributed by atoms with Crippen molar-refractivity contribution in [2.45, 2.75) is 0 Å². The van der Waals surface area contributed by atoms with Crippen LogP contribution in [-0.4, -0.2) is 19.9 Å². The van der Waals surface area contributed by atoms with E-state index in [-0.39, 0.29) is 0 Å². The van der Waals surface area contributed by atoms with Crippen LogP contribution in [0.15, 0.2) is 126 Å². The summed E-state index contributed by atoms with van der Waals surface area (Å²) >= 11 is 1.75. The Labute approximate surface area is 233 Å². The Hall–Kier alpha value is -5.20. The Morgan fingerprint density at radius 2 is 1.18 bits per heavy atom. The topological polar surface area (TPSA) is 64.7 Å². The van der Waals surface area contributed by atoms with Gasteiger partial charge in [-0.1, -0.05) is 91.0 Å². The molecule has 0 bridgehead atoms. The quantitative estimate of drug-likeness (QED) is 0.226. The summed E-state index contributed by atoms with van der Waals surface area (Å²) in [5.74, 6) is 2.58. The maximum atomic E-state index is 6.05. The first-order valence-corrected chi connectivity index (χ1v) is 13.8. The summed E-state index contributed by atoms with van der Waals surface area (Å²) in [6.07, 6.45) is 0. The minimum absolute atomic E-state index is 0.623. The second-order valence-electron chi connectivity index (χ2n) is 9.52. The lowest BCUT2D eigenvalue weighted by atomic mass is 10.0. The maximum absolute atomic E-state index is 6.05. The fourth-order valence-electron chi connectivity index (χ4n) is 5.07. The lowest BCUT2D eigenvalue weighted by Gasteiger charge is -2.09. The van der Waals surface area contributed by atoms with Crippen LogP contribution >= 0.6 is 11.3 Å². The van der Waals surface area contributed by atoms with Gasteiger partial charge in [-0.3, -0.25) is 0 Å². The van der Waals surface area contributed by atoms with E-state index < -0.39 is 0 Å². The second kappa shape index (κ2) is 9.22. The van der Waals surface area contributed by atoms with E-state index in [0.717, 1.165) is 48.8 Å². The molecule has 0 radical (unpaired) electrons. The highest BCUT2D eigenvalue weighted by molar-refractivity contribution is 7.26. The van der Waals surface area contributed by atoms with Crippen molar-refractivity contribution in [3.63, 3.8) is 0 Å². The molecule has 0 saturated carbocycles. The van der Waals surface area contributed by atoms with Gasteiger partial charge in [0, 0.05) is 42.4 Å². The summed E-state index contributed by atoms with van der Waals surface area (Å²) in [7, 11) is 0. The van der Waals surface area contributed by atoms with Crippen molar-refractivity contribution in [2.24, 2.45) is 0 Å². The van der Waals surface area contributed by atoms with Crippen LogP contribution in [0.4, 0.5) is 0 Å². The molecule has 0 spiro atoms. The van der Waals surface area contributed by atoms with Crippen LogP contribution in [0.2, 0.25) is 0 Å². The van der Waals surface area contributed by atoms with Gasteiger partial charge in [0.05, 0.1) is 0 Å². The normalized spacial score (nSPS) is 11.5. The Bertz CT molecular complexity index is 2080. The number of thiophene rings is 1. The summed E-state index contributed by atoms with van der Waals surface area (Å²) < 4.78 is 8.37. The van der Waals surface area contributed by atoms with Crippen molar-refractivity contribution >= 4 is 42.6 Å². The molecule has 8 rings (SSSR count). The first-order chi connectivity index (χ1) is 19.8. The van der Waals surface area contributed by atoms with Crippen LogP contribution in [0.3, 0.4) is 0 Å². The molecule has 0 fully saturated rings. The number of hydrogen-bond acceptors (Lipinski definition) is 6. The van der Waals surface area contributed by atoms with E-state index in [4.69, 9.17) is 24.4 Å². The highest BCUT2D eigenvalue weighted by Gasteiger charge is 2.18. The van der Waals surface area contributed by atoms with E-state index in [1.54, 1.807) is 11.3 Å². The van der Waals surface area contributed by atoms with Gasteiger partial charge < -0.3 is 4.42 Å². The minimum Gasteiger partial charge on any atom is -0.436 e. The molecule has 188 valence electrons. The molecule has 0 saturated heterocycles. The van der Waals surface area contributed by atoms with E-state index >= 15 is 0 Å². The van der Waals surface area contributed by atoms with E-state index in [2.05, 4.69) is 36.4 Å². The van der Waals surface area contributed by atoms with Gasteiger partial charge in [-0.25, -0.2) is 19.9 Å². The van der Waals surface area contributed by atoms with Crippen molar-refractivity contribution < 1.29 is 4.42 Å². The summed E-state index contributed by atoms with van der Waals surface area (Å²) in [4.78, 5) is 19.5. The van der Waals surface area contributed by atoms with Crippen LogP contribution in [0.5, 0.6) is 0 Å². The van der Waals surface area contributed by atoms with Gasteiger partial charge in [-0.05, 0) is 30.3 Å². The molecule has 3 aromatic heterocycles. The number of oxazole rings is 1. The zero-order valence-electron chi connectivity index (χ0n) is 21.2. The van der Waals surface area contributed by atoms with Gasteiger partial charge in [0.2, 0.25) is 5.89 Å². The van der Waals surface area contributed by atoms with Gasteiger partial charge in [0.25, 0.3) is 0 Å². The average Bonchev–Trinajstić information content (AvgIpc) is 3.63. The molecule has 8 aromatic rings. The maximum Gasteiger partial charge on any atom is 0.227 e. The van der Waals surface area contributed by atoms with Crippen molar-refractivity contribution in [2.75, 3.05) is 0 Å². The van der Waals surface area contributed by atoms with Crippen molar-refractivity contribution in [1.82, 2.24) is 19.9 Å². The fraction of sp³-hybridized carbons (Fsp3) is 0. The Balaban J connectivity index is 1.32. The molecule has 0 amide bonds. The lowest BCUT2D eigenvalue weighted by Crippen LogP contribution is -2.00. The molecular formula is C34H20N4OS. The molecule has 0 aliphatic heterocycles. The number of hydrogen-bond donors (Lipinski definition) is 0. The zero-order chi connectivity index (χ0) is 26.5. The molecule has 0 unspecified atom stereocenters. The standard InChI is InChI=1S/C34H20N4OS/c1-3-10-21(11-4-1)31-36-32(22-12-5-2-6-13-22)38-33(37-31)25-14-9-17-28-30(25)24-19-18-23(20-29(24)40-28)34-35-26-15-7-8-16-27(26)39-34/h1-20H. The molecule has 40 heavy (non-hydrogen) atoms. The Morgan fingerprint density at radius 3 is 1.90 bits per heavy atom. The van der Waals surface area contributed by atoms with Gasteiger partial charge in [0.15, 0.2) is 23.1 Å². The molecule has 0 aliphatic rings. The first-order valence-electron chi connectivity index (χ1n) is 13.0. The van der Waals surface area contributed by atoms with E-state index in [9.17, 15) is 0 Å².